The van der Waals surface area contributed by atoms with Gasteiger partial charge < -0.3 is 0 Å². The number of rotatable bonds is 4. The van der Waals surface area contributed by atoms with E-state index in [1.54, 1.807) is 45.9 Å². The Labute approximate surface area is 124 Å². The van der Waals surface area contributed by atoms with E-state index in [9.17, 15) is 8.60 Å². The van der Waals surface area contributed by atoms with E-state index in [0.717, 1.165) is 0 Å². The second-order valence-corrected chi connectivity index (χ2v) is 7.78. The molecule has 6 heteroatoms. The summed E-state index contributed by atoms with van der Waals surface area (Å²) in [5.41, 5.74) is 0.568. The lowest BCUT2D eigenvalue weighted by Gasteiger charge is -2.16. The van der Waals surface area contributed by atoms with Crippen LogP contribution >= 0.6 is 15.9 Å². The van der Waals surface area contributed by atoms with Gasteiger partial charge in [-0.1, -0.05) is 13.0 Å². The second-order valence-electron chi connectivity index (χ2n) is 5.06. The lowest BCUT2D eigenvalue weighted by atomic mass is 10.1. The smallest absolute Gasteiger partial charge is 0.145 e. The van der Waals surface area contributed by atoms with Crippen molar-refractivity contribution in [3.8, 4) is 0 Å². The van der Waals surface area contributed by atoms with Gasteiger partial charge in [0.1, 0.15) is 27.5 Å². The maximum atomic E-state index is 14.0. The molecule has 2 atom stereocenters. The molecule has 0 amide bonds. The van der Waals surface area contributed by atoms with Gasteiger partial charge in [-0.2, -0.15) is 4.40 Å². The first kappa shape index (κ1) is 16.4. The number of alkyl halides is 1. The lowest BCUT2D eigenvalue weighted by Crippen LogP contribution is -2.25. The summed E-state index contributed by atoms with van der Waals surface area (Å²) in [6.45, 7) is 7.13. The second kappa shape index (κ2) is 6.70. The van der Waals surface area contributed by atoms with Gasteiger partial charge in [0.2, 0.25) is 0 Å². The summed E-state index contributed by atoms with van der Waals surface area (Å²) in [5.74, 6) is 0. The van der Waals surface area contributed by atoms with Gasteiger partial charge >= 0.3 is 0 Å². The first-order chi connectivity index (χ1) is 8.75. The summed E-state index contributed by atoms with van der Waals surface area (Å²) in [6.07, 6.45) is -0.998. The van der Waals surface area contributed by atoms with E-state index in [0.29, 0.717) is 10.3 Å². The fraction of sp³-hybridized carbons (Fsp3) is 0.538. The largest absolute Gasteiger partial charge is 0.240 e. The zero-order valence-corrected chi connectivity index (χ0v) is 13.9. The molecule has 0 aliphatic rings. The van der Waals surface area contributed by atoms with Gasteiger partial charge in [-0.15, -0.1) is 0 Å². The lowest BCUT2D eigenvalue weighted by molar-refractivity contribution is 0.414. The summed E-state index contributed by atoms with van der Waals surface area (Å²) < 4.78 is 30.2. The van der Waals surface area contributed by atoms with Crippen molar-refractivity contribution in [2.24, 2.45) is 4.40 Å². The number of halogens is 2. The molecule has 1 aromatic heterocycles. The van der Waals surface area contributed by atoms with E-state index in [2.05, 4.69) is 25.3 Å². The van der Waals surface area contributed by atoms with Crippen molar-refractivity contribution in [2.75, 3.05) is 0 Å². The highest BCUT2D eigenvalue weighted by Crippen LogP contribution is 2.17. The third-order valence-corrected chi connectivity index (χ3v) is 4.19. The Bertz CT molecular complexity index is 500. The van der Waals surface area contributed by atoms with Crippen LogP contribution in [0.2, 0.25) is 0 Å². The Morgan fingerprint density at radius 1 is 1.53 bits per heavy atom. The molecule has 0 bridgehead atoms. The van der Waals surface area contributed by atoms with Crippen LogP contribution in [-0.2, 0) is 11.0 Å². The minimum Gasteiger partial charge on any atom is -0.240 e. The Morgan fingerprint density at radius 3 is 2.63 bits per heavy atom. The van der Waals surface area contributed by atoms with Crippen molar-refractivity contribution in [1.29, 1.82) is 0 Å². The van der Waals surface area contributed by atoms with Crippen LogP contribution in [0.15, 0.2) is 27.2 Å². The molecule has 0 fully saturated rings. The van der Waals surface area contributed by atoms with Gasteiger partial charge in [-0.25, -0.2) is 13.6 Å². The van der Waals surface area contributed by atoms with Gasteiger partial charge in [0.15, 0.2) is 0 Å². The van der Waals surface area contributed by atoms with E-state index in [4.69, 9.17) is 0 Å². The van der Waals surface area contributed by atoms with Crippen LogP contribution in [0.4, 0.5) is 4.39 Å². The Hall–Kier alpha value is -0.620. The summed E-state index contributed by atoms with van der Waals surface area (Å²) in [6, 6.07) is 5.18. The predicted molar refractivity (Wildman–Crippen MR) is 81.6 cm³/mol. The van der Waals surface area contributed by atoms with Crippen LogP contribution < -0.4 is 0 Å². The monoisotopic (exact) mass is 348 g/mol. The third kappa shape index (κ3) is 4.76. The highest BCUT2D eigenvalue weighted by Gasteiger charge is 2.23. The van der Waals surface area contributed by atoms with E-state index in [1.165, 1.54) is 0 Å². The van der Waals surface area contributed by atoms with E-state index >= 15 is 0 Å². The Kier molecular flexibility index (Phi) is 5.80. The third-order valence-electron chi connectivity index (χ3n) is 2.34. The standard InChI is InChI=1S/C13H18BrFN2OS/c1-5-9(15)12(17-19(18)13(2,3)4)10-7-6-8-11(14)16-10/h6-9H,5H2,1-4H3/t9-,19-/m1/s1. The van der Waals surface area contributed by atoms with Gasteiger partial charge in [0, 0.05) is 0 Å². The summed E-state index contributed by atoms with van der Waals surface area (Å²) in [5, 5.41) is 0. The van der Waals surface area contributed by atoms with Crippen LogP contribution in [0.1, 0.15) is 39.8 Å². The SMILES string of the molecule is CC[C@@H](F)C(=N[S@](=O)C(C)(C)C)c1cccc(Br)n1. The van der Waals surface area contributed by atoms with Crippen molar-refractivity contribution in [3.05, 3.63) is 28.5 Å². The van der Waals surface area contributed by atoms with Crippen LogP contribution in [0.3, 0.4) is 0 Å². The predicted octanol–water partition coefficient (Wildman–Crippen LogP) is 3.84. The number of hydrogen-bond acceptors (Lipinski definition) is 2. The van der Waals surface area contributed by atoms with Gasteiger partial charge in [0.25, 0.3) is 0 Å². The van der Waals surface area contributed by atoms with Crippen LogP contribution in [0.25, 0.3) is 0 Å². The fourth-order valence-electron chi connectivity index (χ4n) is 1.23. The maximum absolute atomic E-state index is 14.0. The minimum absolute atomic E-state index is 0.150. The minimum atomic E-state index is -1.50. The van der Waals surface area contributed by atoms with Crippen molar-refractivity contribution in [1.82, 2.24) is 4.98 Å². The first-order valence-corrected chi connectivity index (χ1v) is 7.93. The van der Waals surface area contributed by atoms with Crippen molar-refractivity contribution in [3.63, 3.8) is 0 Å². The highest BCUT2D eigenvalue weighted by atomic mass is 79.9. The zero-order chi connectivity index (χ0) is 14.6. The van der Waals surface area contributed by atoms with Gasteiger partial charge in [0.05, 0.1) is 10.4 Å². The molecule has 1 heterocycles. The number of nitrogens with zero attached hydrogens (tertiary/aromatic N) is 2. The Morgan fingerprint density at radius 2 is 2.16 bits per heavy atom. The molecule has 0 radical (unpaired) electrons. The van der Waals surface area contributed by atoms with Crippen LogP contribution in [-0.4, -0.2) is 25.8 Å². The topological polar surface area (TPSA) is 42.3 Å². The molecule has 3 nitrogen and oxygen atoms in total. The van der Waals surface area contributed by atoms with Crippen LogP contribution in [0.5, 0.6) is 0 Å². The Balaban J connectivity index is 3.23. The normalized spacial score (nSPS) is 16.2. The maximum Gasteiger partial charge on any atom is 0.145 e. The molecule has 0 unspecified atom stereocenters. The number of pyridine rings is 1. The number of aromatic nitrogens is 1. The summed E-state index contributed by atoms with van der Waals surface area (Å²) in [4.78, 5) is 4.19. The molecule has 0 aliphatic heterocycles. The van der Waals surface area contributed by atoms with Gasteiger partial charge in [-0.3, -0.25) is 0 Å². The molecule has 0 aromatic carbocycles. The van der Waals surface area contributed by atoms with E-state index in [1.807, 2.05) is 0 Å². The number of hydrogen-bond donors (Lipinski definition) is 0. The van der Waals surface area contributed by atoms with E-state index in [-0.39, 0.29) is 12.1 Å². The molecule has 106 valence electrons. The van der Waals surface area contributed by atoms with Gasteiger partial charge in [-0.05, 0) is 55.3 Å². The van der Waals surface area contributed by atoms with Crippen molar-refractivity contribution in [2.45, 2.75) is 45.0 Å². The quantitative estimate of drug-likeness (QED) is 0.612. The average molecular weight is 349 g/mol. The molecule has 0 saturated heterocycles. The van der Waals surface area contributed by atoms with Crippen molar-refractivity contribution < 1.29 is 8.60 Å². The molecule has 0 aliphatic carbocycles. The molecule has 1 rings (SSSR count). The molecular formula is C13H18BrFN2OS. The zero-order valence-electron chi connectivity index (χ0n) is 11.5. The molecule has 19 heavy (non-hydrogen) atoms. The fourth-order valence-corrected chi connectivity index (χ4v) is 2.24. The molecule has 1 aromatic rings. The first-order valence-electron chi connectivity index (χ1n) is 6.03. The van der Waals surface area contributed by atoms with Crippen LogP contribution in [0, 0.1) is 0 Å². The van der Waals surface area contributed by atoms with E-state index < -0.39 is 21.9 Å². The summed E-state index contributed by atoms with van der Waals surface area (Å²) in [7, 11) is -1.50. The molecule has 0 saturated carbocycles. The summed E-state index contributed by atoms with van der Waals surface area (Å²) >= 11 is 3.24. The molecule has 0 spiro atoms. The molecular weight excluding hydrogens is 331 g/mol. The average Bonchev–Trinajstić information content (AvgIpc) is 2.33. The molecule has 0 N–H and O–H groups in total. The highest BCUT2D eigenvalue weighted by molar-refractivity contribution is 9.10. The van der Waals surface area contributed by atoms with Crippen molar-refractivity contribution >= 4 is 32.6 Å².